The van der Waals surface area contributed by atoms with Crippen LogP contribution in [0.2, 0.25) is 0 Å². The molecule has 0 aliphatic heterocycles. The maximum Gasteiger partial charge on any atom is 0.349 e. The number of ether oxygens (including phenoxy) is 2. The van der Waals surface area contributed by atoms with Gasteiger partial charge in [0.1, 0.15) is 17.3 Å². The first-order chi connectivity index (χ1) is 13.3. The van der Waals surface area contributed by atoms with Crippen molar-refractivity contribution in [2.45, 2.75) is 4.90 Å². The smallest absolute Gasteiger partial charge is 0.349 e. The number of halogens is 1. The number of benzene rings is 2. The van der Waals surface area contributed by atoms with Gasteiger partial charge in [0.2, 0.25) is 0 Å². The fourth-order valence-corrected chi connectivity index (χ4v) is 3.56. The third-order valence-corrected chi connectivity index (χ3v) is 5.47. The summed E-state index contributed by atoms with van der Waals surface area (Å²) < 4.78 is 49.4. The topological polar surface area (TPSA) is 96.6 Å². The van der Waals surface area contributed by atoms with Crippen LogP contribution in [0.5, 0.6) is 11.5 Å². The van der Waals surface area contributed by atoms with E-state index in [1.807, 2.05) is 0 Å². The summed E-state index contributed by atoms with van der Waals surface area (Å²) in [6, 6.07) is 10.4. The fraction of sp³-hybridized carbons (Fsp3) is 0.111. The molecule has 0 aliphatic rings. The lowest BCUT2D eigenvalue weighted by molar-refractivity contribution is 0.0833. The van der Waals surface area contributed by atoms with Gasteiger partial charge >= 0.3 is 5.69 Å². The van der Waals surface area contributed by atoms with E-state index in [0.29, 0.717) is 14.3 Å². The number of methoxy groups -OCH3 is 1. The Morgan fingerprint density at radius 3 is 2.21 bits per heavy atom. The van der Waals surface area contributed by atoms with Gasteiger partial charge in [0.25, 0.3) is 15.9 Å². The molecule has 0 radical (unpaired) electrons. The molecule has 1 aromatic heterocycles. The van der Waals surface area contributed by atoms with E-state index in [0.717, 1.165) is 24.5 Å². The molecule has 3 aromatic rings. The average molecular weight is 406 g/mol. The zero-order chi connectivity index (χ0) is 20.3. The Balaban J connectivity index is 1.81. The van der Waals surface area contributed by atoms with E-state index < -0.39 is 34.0 Å². The van der Waals surface area contributed by atoms with Crippen LogP contribution in [0, 0.1) is 5.82 Å². The quantitative estimate of drug-likeness (QED) is 0.619. The largest absolute Gasteiger partial charge is 0.497 e. The van der Waals surface area contributed by atoms with Crippen LogP contribution in [0.4, 0.5) is 4.39 Å². The number of aromatic nitrogens is 2. The van der Waals surface area contributed by atoms with E-state index in [4.69, 9.17) is 9.47 Å². The molecule has 0 spiro atoms. The Hall–Kier alpha value is -3.40. The predicted octanol–water partition coefficient (Wildman–Crippen LogP) is 1.75. The summed E-state index contributed by atoms with van der Waals surface area (Å²) in [5.74, 6) is -0.557. The SMILES string of the molecule is COc1ccc(S(=O)(=O)n2ccn(C(=O)COc3ccc(F)cc3)c2=O)cc1. The molecule has 0 N–H and O–H groups in total. The van der Waals surface area contributed by atoms with Gasteiger partial charge in [-0.05, 0) is 48.5 Å². The normalized spacial score (nSPS) is 11.2. The van der Waals surface area contributed by atoms with Crippen LogP contribution in [0.3, 0.4) is 0 Å². The third kappa shape index (κ3) is 3.81. The highest BCUT2D eigenvalue weighted by atomic mass is 32.2. The van der Waals surface area contributed by atoms with Crippen molar-refractivity contribution < 1.29 is 27.1 Å². The molecule has 0 fully saturated rings. The molecule has 0 bridgehead atoms. The number of carbonyl (C=O) groups is 1. The second-order valence-corrected chi connectivity index (χ2v) is 7.38. The maximum absolute atomic E-state index is 12.9. The van der Waals surface area contributed by atoms with Crippen molar-refractivity contribution in [1.82, 2.24) is 8.54 Å². The average Bonchev–Trinajstić information content (AvgIpc) is 3.09. The molecule has 1 heterocycles. The minimum atomic E-state index is -4.19. The molecule has 10 heteroatoms. The summed E-state index contributed by atoms with van der Waals surface area (Å²) in [6.45, 7) is -0.530. The lowest BCUT2D eigenvalue weighted by atomic mass is 10.3. The Bertz CT molecular complexity index is 1150. The summed E-state index contributed by atoms with van der Waals surface area (Å²) in [5, 5.41) is 0. The van der Waals surface area contributed by atoms with Gasteiger partial charge in [-0.25, -0.2) is 22.2 Å². The summed E-state index contributed by atoms with van der Waals surface area (Å²) >= 11 is 0. The van der Waals surface area contributed by atoms with E-state index in [1.54, 1.807) is 0 Å². The van der Waals surface area contributed by atoms with Gasteiger partial charge in [0.05, 0.1) is 12.0 Å². The van der Waals surface area contributed by atoms with Gasteiger partial charge in [0.15, 0.2) is 6.61 Å². The van der Waals surface area contributed by atoms with E-state index in [-0.39, 0.29) is 10.6 Å². The van der Waals surface area contributed by atoms with E-state index in [2.05, 4.69) is 0 Å². The number of rotatable bonds is 6. The lowest BCUT2D eigenvalue weighted by Gasteiger charge is -2.06. The minimum Gasteiger partial charge on any atom is -0.497 e. The second-order valence-electron chi connectivity index (χ2n) is 5.56. The second kappa shape index (κ2) is 7.69. The maximum atomic E-state index is 12.9. The van der Waals surface area contributed by atoms with E-state index in [9.17, 15) is 22.4 Å². The van der Waals surface area contributed by atoms with Crippen molar-refractivity contribution in [3.63, 3.8) is 0 Å². The summed E-state index contributed by atoms with van der Waals surface area (Å²) in [4.78, 5) is 24.5. The molecule has 146 valence electrons. The summed E-state index contributed by atoms with van der Waals surface area (Å²) in [7, 11) is -2.75. The molecular weight excluding hydrogens is 391 g/mol. The van der Waals surface area contributed by atoms with Crippen molar-refractivity contribution in [3.05, 3.63) is 77.2 Å². The molecule has 0 atom stereocenters. The van der Waals surface area contributed by atoms with Crippen molar-refractivity contribution in [1.29, 1.82) is 0 Å². The molecule has 2 aromatic carbocycles. The van der Waals surface area contributed by atoms with E-state index >= 15 is 0 Å². The number of carbonyl (C=O) groups excluding carboxylic acids is 1. The van der Waals surface area contributed by atoms with Crippen molar-refractivity contribution in [3.8, 4) is 11.5 Å². The fourth-order valence-electron chi connectivity index (χ4n) is 2.34. The molecule has 0 unspecified atom stereocenters. The van der Waals surface area contributed by atoms with Crippen LogP contribution in [0.25, 0.3) is 0 Å². The number of hydrogen-bond acceptors (Lipinski definition) is 6. The molecule has 8 nitrogen and oxygen atoms in total. The third-order valence-electron chi connectivity index (χ3n) is 3.81. The van der Waals surface area contributed by atoms with Crippen LogP contribution in [-0.2, 0) is 10.0 Å². The summed E-state index contributed by atoms with van der Waals surface area (Å²) in [6.07, 6.45) is 2.03. The van der Waals surface area contributed by atoms with Crippen LogP contribution >= 0.6 is 0 Å². The van der Waals surface area contributed by atoms with Crippen LogP contribution in [-0.4, -0.2) is 36.6 Å². The Kier molecular flexibility index (Phi) is 5.32. The standard InChI is InChI=1S/C18H15FN2O6S/c1-26-14-6-8-16(9-7-14)28(24,25)21-11-10-20(18(21)23)17(22)12-27-15-4-2-13(19)3-5-15/h2-11H,12H2,1H3. The molecule has 0 saturated carbocycles. The number of imidazole rings is 1. The number of nitrogens with zero attached hydrogens (tertiary/aromatic N) is 2. The monoisotopic (exact) mass is 406 g/mol. The van der Waals surface area contributed by atoms with Crippen LogP contribution < -0.4 is 15.2 Å². The minimum absolute atomic E-state index is 0.136. The highest BCUT2D eigenvalue weighted by Crippen LogP contribution is 2.17. The van der Waals surface area contributed by atoms with Crippen molar-refractivity contribution in [2.75, 3.05) is 13.7 Å². The van der Waals surface area contributed by atoms with E-state index in [1.165, 1.54) is 43.5 Å². The Morgan fingerprint density at radius 1 is 1.00 bits per heavy atom. The van der Waals surface area contributed by atoms with Crippen molar-refractivity contribution >= 4 is 15.9 Å². The molecular formula is C18H15FN2O6S. The molecule has 0 aliphatic carbocycles. The predicted molar refractivity (Wildman–Crippen MR) is 96.8 cm³/mol. The van der Waals surface area contributed by atoms with Gasteiger partial charge in [-0.3, -0.25) is 4.79 Å². The van der Waals surface area contributed by atoms with Crippen LogP contribution in [0.15, 0.2) is 70.6 Å². The molecule has 0 saturated heterocycles. The first-order valence-corrected chi connectivity index (χ1v) is 9.38. The zero-order valence-corrected chi connectivity index (χ0v) is 15.4. The van der Waals surface area contributed by atoms with Gasteiger partial charge in [-0.15, -0.1) is 0 Å². The van der Waals surface area contributed by atoms with Crippen molar-refractivity contribution in [2.24, 2.45) is 0 Å². The Labute approximate surface area is 159 Å². The highest BCUT2D eigenvalue weighted by Gasteiger charge is 2.22. The van der Waals surface area contributed by atoms with Gasteiger partial charge in [0, 0.05) is 12.4 Å². The molecule has 3 rings (SSSR count). The Morgan fingerprint density at radius 2 is 1.61 bits per heavy atom. The van der Waals surface area contributed by atoms with Gasteiger partial charge in [-0.1, -0.05) is 0 Å². The lowest BCUT2D eigenvalue weighted by Crippen LogP contribution is -2.34. The number of hydrogen-bond donors (Lipinski definition) is 0. The first kappa shape index (κ1) is 19.4. The van der Waals surface area contributed by atoms with Crippen LogP contribution in [0.1, 0.15) is 4.79 Å². The van der Waals surface area contributed by atoms with Gasteiger partial charge in [-0.2, -0.15) is 3.97 Å². The zero-order valence-electron chi connectivity index (χ0n) is 14.6. The highest BCUT2D eigenvalue weighted by molar-refractivity contribution is 7.90. The molecule has 28 heavy (non-hydrogen) atoms. The first-order valence-electron chi connectivity index (χ1n) is 7.94. The van der Waals surface area contributed by atoms with Gasteiger partial charge < -0.3 is 9.47 Å². The molecule has 0 amide bonds. The summed E-state index contributed by atoms with van der Waals surface area (Å²) in [5.41, 5.74) is -1.05.